The zero-order chi connectivity index (χ0) is 19.5. The number of nitrogens with one attached hydrogen (secondary N) is 1. The number of para-hydroxylation sites is 2. The van der Waals surface area contributed by atoms with Gasteiger partial charge in [-0.2, -0.15) is 5.26 Å². The Labute approximate surface area is 167 Å². The summed E-state index contributed by atoms with van der Waals surface area (Å²) in [7, 11) is 0. The van der Waals surface area contributed by atoms with Gasteiger partial charge < -0.3 is 5.32 Å². The zero-order valence-electron chi connectivity index (χ0n) is 14.7. The molecule has 1 N–H and O–H groups in total. The monoisotopic (exact) mass is 383 g/mol. The fourth-order valence-electron chi connectivity index (χ4n) is 3.01. The molecule has 0 bridgehead atoms. The van der Waals surface area contributed by atoms with Gasteiger partial charge in [-0.3, -0.25) is 4.79 Å². The molecule has 3 aromatic carbocycles. The van der Waals surface area contributed by atoms with E-state index in [1.54, 1.807) is 42.5 Å². The number of nitrogens with zero attached hydrogens (tertiary/aromatic N) is 2. The van der Waals surface area contributed by atoms with E-state index in [1.807, 2.05) is 36.4 Å². The predicted octanol–water partition coefficient (Wildman–Crippen LogP) is 5.68. The number of carbonyl (C=O) groups excluding carboxylic acids is 1. The molecule has 5 heteroatoms. The van der Waals surface area contributed by atoms with Crippen LogP contribution in [-0.4, -0.2) is 10.9 Å². The smallest absolute Gasteiger partial charge is 0.256 e. The molecule has 0 fully saturated rings. The highest BCUT2D eigenvalue weighted by Crippen LogP contribution is 2.27. The molecule has 0 aliphatic heterocycles. The van der Waals surface area contributed by atoms with Crippen molar-refractivity contribution < 1.29 is 4.79 Å². The summed E-state index contributed by atoms with van der Waals surface area (Å²) < 4.78 is 0. The molecule has 28 heavy (non-hydrogen) atoms. The summed E-state index contributed by atoms with van der Waals surface area (Å²) in [4.78, 5) is 17.7. The number of carbonyl (C=O) groups is 1. The molecular weight excluding hydrogens is 370 g/mol. The van der Waals surface area contributed by atoms with Crippen LogP contribution in [0.15, 0.2) is 78.9 Å². The van der Waals surface area contributed by atoms with E-state index in [0.717, 1.165) is 10.9 Å². The van der Waals surface area contributed by atoms with Gasteiger partial charge in [0.15, 0.2) is 0 Å². The fourth-order valence-corrected chi connectivity index (χ4v) is 3.14. The Morgan fingerprint density at radius 2 is 1.68 bits per heavy atom. The number of nitriles is 1. The van der Waals surface area contributed by atoms with Crippen molar-refractivity contribution in [3.05, 3.63) is 95.0 Å². The van der Waals surface area contributed by atoms with Crippen molar-refractivity contribution in [1.82, 2.24) is 4.98 Å². The van der Waals surface area contributed by atoms with Crippen LogP contribution in [0.5, 0.6) is 0 Å². The standard InChI is InChI=1S/C23H14ClN3O/c24-17-11-9-15(10-12-17)22-13-19(18-6-2-4-8-21(18)26-22)23(28)27-20-7-3-1-5-16(20)14-25/h1-13H,(H,27,28). The van der Waals surface area contributed by atoms with Gasteiger partial charge in [0.05, 0.1) is 28.0 Å². The SMILES string of the molecule is N#Cc1ccccc1NC(=O)c1cc(-c2ccc(Cl)cc2)nc2ccccc12. The van der Waals surface area contributed by atoms with E-state index in [1.165, 1.54) is 0 Å². The van der Waals surface area contributed by atoms with Crippen LogP contribution in [-0.2, 0) is 0 Å². The van der Waals surface area contributed by atoms with Crippen LogP contribution in [0.25, 0.3) is 22.2 Å². The molecule has 0 aliphatic carbocycles. The minimum absolute atomic E-state index is 0.295. The summed E-state index contributed by atoms with van der Waals surface area (Å²) in [5, 5.41) is 13.5. The maximum absolute atomic E-state index is 13.1. The minimum atomic E-state index is -0.295. The van der Waals surface area contributed by atoms with Crippen molar-refractivity contribution in [1.29, 1.82) is 5.26 Å². The summed E-state index contributed by atoms with van der Waals surface area (Å²) in [5.74, 6) is -0.295. The molecule has 4 aromatic rings. The van der Waals surface area contributed by atoms with Crippen molar-refractivity contribution in [3.8, 4) is 17.3 Å². The number of amides is 1. The Hall–Kier alpha value is -3.68. The summed E-state index contributed by atoms with van der Waals surface area (Å²) in [6, 6.07) is 25.6. The first-order valence-corrected chi connectivity index (χ1v) is 9.00. The van der Waals surface area contributed by atoms with E-state index in [9.17, 15) is 10.1 Å². The van der Waals surface area contributed by atoms with E-state index in [-0.39, 0.29) is 5.91 Å². The number of fused-ring (bicyclic) bond motifs is 1. The third kappa shape index (κ3) is 3.44. The average Bonchev–Trinajstić information content (AvgIpc) is 2.74. The van der Waals surface area contributed by atoms with Gasteiger partial charge >= 0.3 is 0 Å². The molecule has 0 spiro atoms. The molecule has 1 aromatic heterocycles. The maximum Gasteiger partial charge on any atom is 0.256 e. The van der Waals surface area contributed by atoms with Gasteiger partial charge in [0.25, 0.3) is 5.91 Å². The zero-order valence-corrected chi connectivity index (χ0v) is 15.4. The number of benzene rings is 3. The lowest BCUT2D eigenvalue weighted by atomic mass is 10.0. The van der Waals surface area contributed by atoms with Crippen LogP contribution in [0.4, 0.5) is 5.69 Å². The molecule has 0 aliphatic rings. The third-order valence-electron chi connectivity index (χ3n) is 4.40. The van der Waals surface area contributed by atoms with Gasteiger partial charge in [-0.05, 0) is 36.4 Å². The number of halogens is 1. The summed E-state index contributed by atoms with van der Waals surface area (Å²) in [6.07, 6.45) is 0. The summed E-state index contributed by atoms with van der Waals surface area (Å²) in [6.45, 7) is 0. The molecular formula is C23H14ClN3O. The van der Waals surface area contributed by atoms with E-state index < -0.39 is 0 Å². The molecule has 4 nitrogen and oxygen atoms in total. The topological polar surface area (TPSA) is 65.8 Å². The quantitative estimate of drug-likeness (QED) is 0.495. The van der Waals surface area contributed by atoms with E-state index in [4.69, 9.17) is 11.6 Å². The van der Waals surface area contributed by atoms with Gasteiger partial charge in [-0.15, -0.1) is 0 Å². The second-order valence-electron chi connectivity index (χ2n) is 6.19. The van der Waals surface area contributed by atoms with Crippen LogP contribution in [0.1, 0.15) is 15.9 Å². The fraction of sp³-hybridized carbons (Fsp3) is 0. The average molecular weight is 384 g/mol. The molecule has 0 radical (unpaired) electrons. The Balaban J connectivity index is 1.82. The van der Waals surface area contributed by atoms with Crippen LogP contribution < -0.4 is 5.32 Å². The molecule has 0 saturated heterocycles. The molecule has 1 heterocycles. The van der Waals surface area contributed by atoms with Gasteiger partial charge in [0.2, 0.25) is 0 Å². The molecule has 0 unspecified atom stereocenters. The highest BCUT2D eigenvalue weighted by molar-refractivity contribution is 6.30. The predicted molar refractivity (Wildman–Crippen MR) is 111 cm³/mol. The highest BCUT2D eigenvalue weighted by atomic mass is 35.5. The lowest BCUT2D eigenvalue weighted by Crippen LogP contribution is -2.14. The van der Waals surface area contributed by atoms with E-state index >= 15 is 0 Å². The second kappa shape index (κ2) is 7.51. The third-order valence-corrected chi connectivity index (χ3v) is 4.65. The summed E-state index contributed by atoms with van der Waals surface area (Å²) in [5.41, 5.74) is 3.63. The summed E-state index contributed by atoms with van der Waals surface area (Å²) >= 11 is 5.98. The van der Waals surface area contributed by atoms with Gasteiger partial charge in [-0.1, -0.05) is 54.1 Å². The number of rotatable bonds is 3. The Bertz CT molecular complexity index is 1230. The highest BCUT2D eigenvalue weighted by Gasteiger charge is 2.15. The number of hydrogen-bond acceptors (Lipinski definition) is 3. The van der Waals surface area contributed by atoms with Gasteiger partial charge in [0, 0.05) is 16.0 Å². The number of aromatic nitrogens is 1. The lowest BCUT2D eigenvalue weighted by molar-refractivity contribution is 0.102. The van der Waals surface area contributed by atoms with Crippen LogP contribution >= 0.6 is 11.6 Å². The molecule has 4 rings (SSSR count). The minimum Gasteiger partial charge on any atom is -0.321 e. The molecule has 1 amide bonds. The second-order valence-corrected chi connectivity index (χ2v) is 6.63. The van der Waals surface area contributed by atoms with Crippen molar-refractivity contribution >= 4 is 34.1 Å². The van der Waals surface area contributed by atoms with Crippen molar-refractivity contribution in [2.75, 3.05) is 5.32 Å². The molecule has 0 saturated carbocycles. The first-order chi connectivity index (χ1) is 13.7. The lowest BCUT2D eigenvalue weighted by Gasteiger charge is -2.11. The Morgan fingerprint density at radius 3 is 2.46 bits per heavy atom. The van der Waals surface area contributed by atoms with E-state index in [2.05, 4.69) is 16.4 Å². The first kappa shape index (κ1) is 17.7. The Morgan fingerprint density at radius 1 is 0.964 bits per heavy atom. The van der Waals surface area contributed by atoms with Crippen molar-refractivity contribution in [3.63, 3.8) is 0 Å². The first-order valence-electron chi connectivity index (χ1n) is 8.62. The Kier molecular flexibility index (Phi) is 4.76. The molecule has 0 atom stereocenters. The number of pyridine rings is 1. The van der Waals surface area contributed by atoms with Gasteiger partial charge in [0.1, 0.15) is 6.07 Å². The number of hydrogen-bond donors (Lipinski definition) is 1. The molecule has 134 valence electrons. The van der Waals surface area contributed by atoms with Crippen LogP contribution in [0, 0.1) is 11.3 Å². The largest absolute Gasteiger partial charge is 0.321 e. The normalized spacial score (nSPS) is 10.4. The van der Waals surface area contributed by atoms with Gasteiger partial charge in [-0.25, -0.2) is 4.98 Å². The van der Waals surface area contributed by atoms with Crippen LogP contribution in [0.3, 0.4) is 0 Å². The number of anilines is 1. The van der Waals surface area contributed by atoms with E-state index in [0.29, 0.717) is 33.0 Å². The van der Waals surface area contributed by atoms with Crippen molar-refractivity contribution in [2.24, 2.45) is 0 Å². The van der Waals surface area contributed by atoms with Crippen LogP contribution in [0.2, 0.25) is 5.02 Å². The van der Waals surface area contributed by atoms with Crippen molar-refractivity contribution in [2.45, 2.75) is 0 Å². The maximum atomic E-state index is 13.1.